The van der Waals surface area contributed by atoms with E-state index in [-0.39, 0.29) is 18.0 Å². The van der Waals surface area contributed by atoms with Gasteiger partial charge in [-0.2, -0.15) is 0 Å². The molecule has 1 aliphatic rings. The predicted molar refractivity (Wildman–Crippen MR) is 88.4 cm³/mol. The van der Waals surface area contributed by atoms with Gasteiger partial charge in [-0.1, -0.05) is 36.4 Å². The summed E-state index contributed by atoms with van der Waals surface area (Å²) in [5, 5.41) is 5.65. The van der Waals surface area contributed by atoms with Gasteiger partial charge in [0.1, 0.15) is 24.1 Å². The minimum atomic E-state index is -0.639. The van der Waals surface area contributed by atoms with Gasteiger partial charge in [-0.3, -0.25) is 4.79 Å². The Hall–Kier alpha value is -2.44. The molecule has 1 heterocycles. The number of ether oxygens (including phenoxy) is 2. The summed E-state index contributed by atoms with van der Waals surface area (Å²) in [6.07, 6.45) is -0.639. The Morgan fingerprint density at radius 2 is 2.08 bits per heavy atom. The number of benzene rings is 2. The number of halogens is 1. The smallest absolute Gasteiger partial charge is 0.255 e. The first kappa shape index (κ1) is 16.4. The number of carbonyl (C=O) groups excluding carboxylic acids is 1. The number of amides is 1. The van der Waals surface area contributed by atoms with Crippen molar-refractivity contribution in [3.05, 3.63) is 59.9 Å². The van der Waals surface area contributed by atoms with E-state index in [1.54, 1.807) is 12.1 Å². The second-order valence-corrected chi connectivity index (χ2v) is 5.44. The van der Waals surface area contributed by atoms with E-state index >= 15 is 0 Å². The van der Waals surface area contributed by atoms with E-state index in [9.17, 15) is 9.18 Å². The third-order valence-electron chi connectivity index (χ3n) is 3.68. The molecule has 1 atom stereocenters. The van der Waals surface area contributed by atoms with Crippen LogP contribution in [0.2, 0.25) is 0 Å². The van der Waals surface area contributed by atoms with Gasteiger partial charge in [-0.15, -0.1) is 0 Å². The number of anilines is 1. The van der Waals surface area contributed by atoms with Crippen LogP contribution in [0.25, 0.3) is 0 Å². The lowest BCUT2D eigenvalue weighted by Crippen LogP contribution is -2.45. The molecular formula is C18H19FN2O3. The van der Waals surface area contributed by atoms with Crippen LogP contribution in [0.15, 0.2) is 48.5 Å². The normalized spacial score (nSPS) is 17.3. The fraction of sp³-hybridized carbons (Fsp3) is 0.278. The van der Waals surface area contributed by atoms with Gasteiger partial charge < -0.3 is 20.1 Å². The highest BCUT2D eigenvalue weighted by Crippen LogP contribution is 2.28. The first-order valence-corrected chi connectivity index (χ1v) is 7.82. The lowest BCUT2D eigenvalue weighted by Gasteiger charge is -2.23. The van der Waals surface area contributed by atoms with Gasteiger partial charge in [0, 0.05) is 13.1 Å². The zero-order valence-corrected chi connectivity index (χ0v) is 13.1. The third kappa shape index (κ3) is 4.10. The maximum Gasteiger partial charge on any atom is 0.255 e. The van der Waals surface area contributed by atoms with E-state index in [1.165, 1.54) is 6.07 Å². The molecule has 126 valence electrons. The summed E-state index contributed by atoms with van der Waals surface area (Å²) < 4.78 is 25.2. The number of hydrogen-bond donors (Lipinski definition) is 2. The summed E-state index contributed by atoms with van der Waals surface area (Å²) >= 11 is 0. The average Bonchev–Trinajstić information content (AvgIpc) is 2.63. The highest BCUT2D eigenvalue weighted by atomic mass is 19.1. The van der Waals surface area contributed by atoms with Gasteiger partial charge >= 0.3 is 0 Å². The Bertz CT molecular complexity index is 688. The van der Waals surface area contributed by atoms with Crippen LogP contribution in [-0.4, -0.2) is 31.7 Å². The topological polar surface area (TPSA) is 59.6 Å². The Morgan fingerprint density at radius 3 is 2.83 bits per heavy atom. The third-order valence-corrected chi connectivity index (χ3v) is 3.68. The molecule has 0 radical (unpaired) electrons. The molecule has 2 aromatic carbocycles. The molecule has 0 aliphatic carbocycles. The minimum Gasteiger partial charge on any atom is -0.487 e. The molecule has 1 amide bonds. The maximum atomic E-state index is 14.2. The molecule has 2 N–H and O–H groups in total. The van der Waals surface area contributed by atoms with E-state index < -0.39 is 17.8 Å². The summed E-state index contributed by atoms with van der Waals surface area (Å²) in [6, 6.07) is 14.0. The van der Waals surface area contributed by atoms with Crippen LogP contribution in [0.4, 0.5) is 10.1 Å². The van der Waals surface area contributed by atoms with Crippen LogP contribution in [-0.2, 0) is 16.1 Å². The number of para-hydroxylation sites is 1. The molecule has 1 fully saturated rings. The van der Waals surface area contributed by atoms with Gasteiger partial charge in [0.2, 0.25) is 0 Å². The number of nitrogens with one attached hydrogen (secondary N) is 2. The van der Waals surface area contributed by atoms with Crippen LogP contribution in [0, 0.1) is 5.82 Å². The van der Waals surface area contributed by atoms with Crippen molar-refractivity contribution in [3.63, 3.8) is 0 Å². The second-order valence-electron chi connectivity index (χ2n) is 5.44. The van der Waals surface area contributed by atoms with Gasteiger partial charge in [0.05, 0.1) is 6.61 Å². The van der Waals surface area contributed by atoms with E-state index in [2.05, 4.69) is 10.6 Å². The van der Waals surface area contributed by atoms with Gasteiger partial charge in [0.15, 0.2) is 5.82 Å². The van der Waals surface area contributed by atoms with Crippen molar-refractivity contribution < 1.29 is 18.7 Å². The van der Waals surface area contributed by atoms with Crippen molar-refractivity contribution in [2.24, 2.45) is 0 Å². The molecule has 3 rings (SSSR count). The zero-order chi connectivity index (χ0) is 16.8. The van der Waals surface area contributed by atoms with Gasteiger partial charge in [-0.05, 0) is 17.7 Å². The second kappa shape index (κ2) is 7.90. The Balaban J connectivity index is 1.71. The van der Waals surface area contributed by atoms with Crippen molar-refractivity contribution in [3.8, 4) is 5.75 Å². The fourth-order valence-electron chi connectivity index (χ4n) is 2.42. The Kier molecular flexibility index (Phi) is 5.40. The number of carbonyl (C=O) groups is 1. The van der Waals surface area contributed by atoms with Crippen molar-refractivity contribution in [1.82, 2.24) is 5.32 Å². The molecule has 1 saturated heterocycles. The summed E-state index contributed by atoms with van der Waals surface area (Å²) in [5.74, 6) is -0.648. The quantitative estimate of drug-likeness (QED) is 0.883. The van der Waals surface area contributed by atoms with Crippen molar-refractivity contribution in [2.45, 2.75) is 12.7 Å². The first-order valence-electron chi connectivity index (χ1n) is 7.82. The zero-order valence-electron chi connectivity index (χ0n) is 13.1. The summed E-state index contributed by atoms with van der Waals surface area (Å²) in [5.41, 5.74) is 0.992. The lowest BCUT2D eigenvalue weighted by molar-refractivity contribution is -0.128. The SMILES string of the molecule is O=C(Nc1c(F)cccc1OCc1ccccc1)C1CNCCO1. The molecule has 1 aliphatic heterocycles. The molecule has 0 bridgehead atoms. The van der Waals surface area contributed by atoms with Crippen molar-refractivity contribution in [1.29, 1.82) is 0 Å². The van der Waals surface area contributed by atoms with E-state index in [1.807, 2.05) is 30.3 Å². The number of hydrogen-bond acceptors (Lipinski definition) is 4. The van der Waals surface area contributed by atoms with E-state index in [0.29, 0.717) is 19.7 Å². The molecule has 2 aromatic rings. The van der Waals surface area contributed by atoms with Crippen LogP contribution in [0.3, 0.4) is 0 Å². The monoisotopic (exact) mass is 330 g/mol. The average molecular weight is 330 g/mol. The highest BCUT2D eigenvalue weighted by Gasteiger charge is 2.24. The number of rotatable bonds is 5. The molecule has 6 heteroatoms. The van der Waals surface area contributed by atoms with E-state index in [4.69, 9.17) is 9.47 Å². The standard InChI is InChI=1S/C18H19FN2O3/c19-14-7-4-8-15(24-12-13-5-2-1-3-6-13)17(14)21-18(22)16-11-20-9-10-23-16/h1-8,16,20H,9-12H2,(H,21,22). The molecular weight excluding hydrogens is 311 g/mol. The molecule has 5 nitrogen and oxygen atoms in total. The molecule has 0 aromatic heterocycles. The van der Waals surface area contributed by atoms with Crippen molar-refractivity contribution in [2.75, 3.05) is 25.0 Å². The van der Waals surface area contributed by atoms with Crippen LogP contribution in [0.5, 0.6) is 5.75 Å². The Labute approximate surface area is 139 Å². The maximum absolute atomic E-state index is 14.2. The minimum absolute atomic E-state index is 0.0348. The predicted octanol–water partition coefficient (Wildman–Crippen LogP) is 2.33. The number of morpholine rings is 1. The summed E-state index contributed by atoms with van der Waals surface area (Å²) in [4.78, 5) is 12.2. The van der Waals surface area contributed by atoms with Gasteiger partial charge in [0.25, 0.3) is 5.91 Å². The molecule has 1 unspecified atom stereocenters. The molecule has 0 spiro atoms. The fourth-order valence-corrected chi connectivity index (χ4v) is 2.42. The molecule has 24 heavy (non-hydrogen) atoms. The van der Waals surface area contributed by atoms with Crippen LogP contribution < -0.4 is 15.4 Å². The van der Waals surface area contributed by atoms with Crippen LogP contribution >= 0.6 is 0 Å². The van der Waals surface area contributed by atoms with Crippen LogP contribution in [0.1, 0.15) is 5.56 Å². The summed E-state index contributed by atoms with van der Waals surface area (Å²) in [6.45, 7) is 1.84. The van der Waals surface area contributed by atoms with E-state index in [0.717, 1.165) is 5.56 Å². The van der Waals surface area contributed by atoms with Gasteiger partial charge in [-0.25, -0.2) is 4.39 Å². The van der Waals surface area contributed by atoms with Crippen molar-refractivity contribution >= 4 is 11.6 Å². The lowest BCUT2D eigenvalue weighted by atomic mass is 10.2. The summed E-state index contributed by atoms with van der Waals surface area (Å²) in [7, 11) is 0. The highest BCUT2D eigenvalue weighted by molar-refractivity contribution is 5.95. The molecule has 0 saturated carbocycles. The largest absolute Gasteiger partial charge is 0.487 e. The first-order chi connectivity index (χ1) is 11.7. The Morgan fingerprint density at radius 1 is 1.25 bits per heavy atom.